The molecule has 1 fully saturated rings. The minimum Gasteiger partial charge on any atom is -0.357 e. The molecular weight excluding hydrogens is 405 g/mol. The zero-order chi connectivity index (χ0) is 22.3. The summed E-state index contributed by atoms with van der Waals surface area (Å²) in [4.78, 5) is 12.7. The van der Waals surface area contributed by atoms with E-state index in [1.807, 2.05) is 36.2 Å². The zero-order valence-corrected chi connectivity index (χ0v) is 18.1. The molecule has 1 saturated heterocycles. The maximum atomic E-state index is 13.0. The Kier molecular flexibility index (Phi) is 7.95. The molecule has 1 aromatic carbocycles. The first-order chi connectivity index (χ1) is 14.9. The van der Waals surface area contributed by atoms with E-state index in [1.54, 1.807) is 6.20 Å². The first kappa shape index (κ1) is 23.1. The first-order valence-corrected chi connectivity index (χ1v) is 10.8. The third-order valence-corrected chi connectivity index (χ3v) is 5.63. The Balaban J connectivity index is 1.59. The molecule has 9 heteroatoms. The molecule has 1 aliphatic heterocycles. The van der Waals surface area contributed by atoms with Gasteiger partial charge in [-0.05, 0) is 25.8 Å². The molecule has 0 radical (unpaired) electrons. The van der Waals surface area contributed by atoms with Gasteiger partial charge >= 0.3 is 6.18 Å². The summed E-state index contributed by atoms with van der Waals surface area (Å²) < 4.78 is 41.1. The largest absolute Gasteiger partial charge is 0.403 e. The molecule has 31 heavy (non-hydrogen) atoms. The van der Waals surface area contributed by atoms with Crippen LogP contribution >= 0.6 is 0 Å². The predicted molar refractivity (Wildman–Crippen MR) is 116 cm³/mol. The number of benzene rings is 1. The number of rotatable bonds is 7. The van der Waals surface area contributed by atoms with E-state index >= 15 is 0 Å². The maximum Gasteiger partial charge on any atom is 0.403 e. The molecule has 6 nitrogen and oxygen atoms in total. The van der Waals surface area contributed by atoms with Crippen molar-refractivity contribution < 1.29 is 13.2 Å². The van der Waals surface area contributed by atoms with E-state index in [1.165, 1.54) is 17.4 Å². The van der Waals surface area contributed by atoms with Crippen LogP contribution in [-0.2, 0) is 19.5 Å². The van der Waals surface area contributed by atoms with E-state index in [-0.39, 0.29) is 0 Å². The molecule has 1 aliphatic rings. The normalized spacial score (nSPS) is 17.1. The monoisotopic (exact) mass is 436 g/mol. The molecule has 1 aromatic heterocycles. The van der Waals surface area contributed by atoms with Crippen LogP contribution in [0.25, 0.3) is 0 Å². The molecule has 0 bridgehead atoms. The molecule has 1 atom stereocenters. The highest BCUT2D eigenvalue weighted by Gasteiger charge is 2.41. The minimum absolute atomic E-state index is 0.358. The van der Waals surface area contributed by atoms with Gasteiger partial charge in [-0.15, -0.1) is 0 Å². The van der Waals surface area contributed by atoms with Gasteiger partial charge < -0.3 is 14.8 Å². The number of imidazole rings is 1. The zero-order valence-electron chi connectivity index (χ0n) is 18.1. The van der Waals surface area contributed by atoms with E-state index in [9.17, 15) is 13.2 Å². The number of aryl methyl sites for hydroxylation is 2. The van der Waals surface area contributed by atoms with Crippen molar-refractivity contribution in [3.8, 4) is 0 Å². The Labute approximate surface area is 181 Å². The molecular formula is C22H31F3N6. The fourth-order valence-electron chi connectivity index (χ4n) is 3.69. The van der Waals surface area contributed by atoms with E-state index in [0.29, 0.717) is 39.3 Å². The molecule has 2 aromatic rings. The standard InChI is InChI=1S/C22H31F3N6/c1-3-26-21(31-15-13-29(14-16-31)18(2)22(23,24)25)28-17-20-27-10-12-30(20)11-9-19-7-5-4-6-8-19/h4-8,10,12,18H,3,9,11,13-17H2,1-2H3,(H,26,28). The summed E-state index contributed by atoms with van der Waals surface area (Å²) in [6.45, 7) is 6.88. The highest BCUT2D eigenvalue weighted by Crippen LogP contribution is 2.25. The SMILES string of the molecule is CCNC(=NCc1nccn1CCc1ccccc1)N1CCN(C(C)C(F)(F)F)CC1. The molecule has 0 saturated carbocycles. The Bertz CT molecular complexity index is 825. The summed E-state index contributed by atoms with van der Waals surface area (Å²) in [5, 5.41) is 3.26. The second kappa shape index (κ2) is 10.7. The van der Waals surface area contributed by atoms with Crippen molar-refractivity contribution in [3.05, 3.63) is 54.1 Å². The fraction of sp³-hybridized carbons (Fsp3) is 0.545. The van der Waals surface area contributed by atoms with Crippen molar-refractivity contribution in [2.75, 3.05) is 32.7 Å². The van der Waals surface area contributed by atoms with Gasteiger partial charge in [0.2, 0.25) is 0 Å². The summed E-state index contributed by atoms with van der Waals surface area (Å²) in [7, 11) is 0. The number of piperazine rings is 1. The van der Waals surface area contributed by atoms with Crippen molar-refractivity contribution in [1.82, 2.24) is 24.7 Å². The van der Waals surface area contributed by atoms with Crippen LogP contribution in [0, 0.1) is 0 Å². The quantitative estimate of drug-likeness (QED) is 0.535. The number of guanidine groups is 1. The van der Waals surface area contributed by atoms with Gasteiger partial charge in [0.05, 0.1) is 0 Å². The minimum atomic E-state index is -4.20. The van der Waals surface area contributed by atoms with Crippen molar-refractivity contribution >= 4 is 5.96 Å². The van der Waals surface area contributed by atoms with Crippen molar-refractivity contribution in [3.63, 3.8) is 0 Å². The highest BCUT2D eigenvalue weighted by atomic mass is 19.4. The van der Waals surface area contributed by atoms with Gasteiger partial charge in [0.25, 0.3) is 0 Å². The van der Waals surface area contributed by atoms with Crippen LogP contribution in [0.1, 0.15) is 25.2 Å². The van der Waals surface area contributed by atoms with Crippen LogP contribution < -0.4 is 5.32 Å². The number of alkyl halides is 3. The molecule has 1 unspecified atom stereocenters. The number of halogens is 3. The summed E-state index contributed by atoms with van der Waals surface area (Å²) in [6, 6.07) is 8.87. The number of hydrogen-bond donors (Lipinski definition) is 1. The van der Waals surface area contributed by atoms with E-state index in [4.69, 9.17) is 4.99 Å². The van der Waals surface area contributed by atoms with Crippen molar-refractivity contribution in [1.29, 1.82) is 0 Å². The van der Waals surface area contributed by atoms with Crippen LogP contribution in [-0.4, -0.2) is 70.3 Å². The second-order valence-electron chi connectivity index (χ2n) is 7.68. The summed E-state index contributed by atoms with van der Waals surface area (Å²) >= 11 is 0. The average Bonchev–Trinajstić information content (AvgIpc) is 3.22. The Morgan fingerprint density at radius 2 is 1.87 bits per heavy atom. The number of aliphatic imine (C=N–C) groups is 1. The van der Waals surface area contributed by atoms with Crippen molar-refractivity contribution in [2.24, 2.45) is 4.99 Å². The van der Waals surface area contributed by atoms with Gasteiger partial charge in [-0.2, -0.15) is 13.2 Å². The molecule has 0 amide bonds. The van der Waals surface area contributed by atoms with E-state index in [2.05, 4.69) is 27.0 Å². The Morgan fingerprint density at radius 1 is 1.16 bits per heavy atom. The predicted octanol–water partition coefficient (Wildman–Crippen LogP) is 3.16. The second-order valence-corrected chi connectivity index (χ2v) is 7.68. The summed E-state index contributed by atoms with van der Waals surface area (Å²) in [5.74, 6) is 1.59. The van der Waals surface area contributed by atoms with Crippen LogP contribution in [0.15, 0.2) is 47.7 Å². The van der Waals surface area contributed by atoms with E-state index < -0.39 is 12.2 Å². The molecule has 170 valence electrons. The third-order valence-electron chi connectivity index (χ3n) is 5.63. The van der Waals surface area contributed by atoms with Crippen LogP contribution in [0.5, 0.6) is 0 Å². The number of hydrogen-bond acceptors (Lipinski definition) is 3. The number of aromatic nitrogens is 2. The summed E-state index contributed by atoms with van der Waals surface area (Å²) in [6.07, 6.45) is 0.447. The summed E-state index contributed by atoms with van der Waals surface area (Å²) in [5.41, 5.74) is 1.27. The maximum absolute atomic E-state index is 13.0. The van der Waals surface area contributed by atoms with Gasteiger partial charge in [-0.1, -0.05) is 30.3 Å². The lowest BCUT2D eigenvalue weighted by Crippen LogP contribution is -2.56. The smallest absolute Gasteiger partial charge is 0.357 e. The van der Waals surface area contributed by atoms with Crippen LogP contribution in [0.3, 0.4) is 0 Å². The van der Waals surface area contributed by atoms with Crippen molar-refractivity contribution in [2.45, 2.75) is 45.6 Å². The van der Waals surface area contributed by atoms with Gasteiger partial charge in [0.15, 0.2) is 5.96 Å². The fourth-order valence-corrected chi connectivity index (χ4v) is 3.69. The molecule has 0 spiro atoms. The van der Waals surface area contributed by atoms with Crippen LogP contribution in [0.2, 0.25) is 0 Å². The number of nitrogens with one attached hydrogen (secondary N) is 1. The molecule has 2 heterocycles. The topological polar surface area (TPSA) is 48.7 Å². The average molecular weight is 437 g/mol. The van der Waals surface area contributed by atoms with Gasteiger partial charge in [0, 0.05) is 51.7 Å². The molecule has 0 aliphatic carbocycles. The van der Waals surface area contributed by atoms with Gasteiger partial charge in [-0.25, -0.2) is 9.98 Å². The van der Waals surface area contributed by atoms with Crippen LogP contribution in [0.4, 0.5) is 13.2 Å². The highest BCUT2D eigenvalue weighted by molar-refractivity contribution is 5.80. The van der Waals surface area contributed by atoms with E-state index in [0.717, 1.165) is 24.7 Å². The first-order valence-electron chi connectivity index (χ1n) is 10.8. The van der Waals surface area contributed by atoms with Gasteiger partial charge in [0.1, 0.15) is 18.4 Å². The third kappa shape index (κ3) is 6.46. The molecule has 3 rings (SSSR count). The lowest BCUT2D eigenvalue weighted by atomic mass is 10.1. The Morgan fingerprint density at radius 3 is 2.52 bits per heavy atom. The Hall–Kier alpha value is -2.55. The lowest BCUT2D eigenvalue weighted by molar-refractivity contribution is -0.181. The number of nitrogens with zero attached hydrogens (tertiary/aromatic N) is 5. The van der Waals surface area contributed by atoms with Gasteiger partial charge in [-0.3, -0.25) is 4.90 Å². The lowest BCUT2D eigenvalue weighted by Gasteiger charge is -2.39. The molecule has 1 N–H and O–H groups in total.